The van der Waals surface area contributed by atoms with Crippen LogP contribution in [0.5, 0.6) is 11.5 Å². The highest BCUT2D eigenvalue weighted by Gasteiger charge is 2.22. The predicted molar refractivity (Wildman–Crippen MR) is 117 cm³/mol. The lowest BCUT2D eigenvalue weighted by molar-refractivity contribution is -0.928. The average molecular weight is 375 g/mol. The summed E-state index contributed by atoms with van der Waals surface area (Å²) in [5.74, 6) is 0.644. The topological polar surface area (TPSA) is 40.5 Å². The molecule has 27 heavy (non-hydrogen) atoms. The Morgan fingerprint density at radius 1 is 0.519 bits per heavy atom. The molecule has 152 valence electrons. The summed E-state index contributed by atoms with van der Waals surface area (Å²) in [5.41, 5.74) is 0. The number of nitrogens with zero attached hydrogens (tertiary/aromatic N) is 1. The summed E-state index contributed by atoms with van der Waals surface area (Å²) in [4.78, 5) is 0. The van der Waals surface area contributed by atoms with E-state index in [0.717, 1.165) is 0 Å². The Morgan fingerprint density at radius 3 is 0.926 bits per heavy atom. The maximum absolute atomic E-state index is 8.63. The first kappa shape index (κ1) is 25.0. The number of phenols is 2. The van der Waals surface area contributed by atoms with Gasteiger partial charge >= 0.3 is 0 Å². The molecule has 0 saturated carbocycles. The minimum atomic E-state index is 0.322. The van der Waals surface area contributed by atoms with Crippen molar-refractivity contribution in [3.63, 3.8) is 0 Å². The maximum atomic E-state index is 8.63. The molecule has 2 aromatic carbocycles. The molecular weight excluding hydrogens is 334 g/mol. The van der Waals surface area contributed by atoms with Gasteiger partial charge in [0, 0.05) is 0 Å². The summed E-state index contributed by atoms with van der Waals surface area (Å²) in [6.45, 7) is 14.8. The zero-order valence-corrected chi connectivity index (χ0v) is 17.8. The van der Waals surface area contributed by atoms with E-state index in [1.165, 1.54) is 56.3 Å². The van der Waals surface area contributed by atoms with E-state index in [9.17, 15) is 0 Å². The molecule has 0 heterocycles. The molecule has 0 aliphatic heterocycles. The monoisotopic (exact) mass is 374 g/mol. The Labute approximate surface area is 166 Å². The highest BCUT2D eigenvalue weighted by Crippen LogP contribution is 2.12. The van der Waals surface area contributed by atoms with Crippen LogP contribution in [0.25, 0.3) is 0 Å². The molecule has 0 atom stereocenters. The molecule has 2 N–H and O–H groups in total. The van der Waals surface area contributed by atoms with Gasteiger partial charge in [-0.3, -0.25) is 0 Å². The van der Waals surface area contributed by atoms with Crippen LogP contribution < -0.4 is 0 Å². The van der Waals surface area contributed by atoms with Crippen LogP contribution in [-0.4, -0.2) is 40.9 Å². The minimum absolute atomic E-state index is 0.322. The number of para-hydroxylation sites is 2. The molecule has 0 aliphatic rings. The number of benzene rings is 2. The lowest BCUT2D eigenvalue weighted by Crippen LogP contribution is -2.50. The van der Waals surface area contributed by atoms with Crippen molar-refractivity contribution in [2.24, 2.45) is 0 Å². The van der Waals surface area contributed by atoms with E-state index in [1.54, 1.807) is 48.5 Å². The molecule has 0 amide bonds. The van der Waals surface area contributed by atoms with Gasteiger partial charge in [-0.2, -0.15) is 0 Å². The summed E-state index contributed by atoms with van der Waals surface area (Å²) in [7, 11) is 0. The van der Waals surface area contributed by atoms with Crippen LogP contribution in [-0.2, 0) is 0 Å². The number of phenolic OH excluding ortho intramolecular Hbond substituents is 2. The normalized spacial score (nSPS) is 10.2. The number of hydrogen-bond acceptors (Lipinski definition) is 2. The average Bonchev–Trinajstić information content (AvgIpc) is 2.65. The van der Waals surface area contributed by atoms with Crippen LogP contribution in [0.4, 0.5) is 0 Å². The van der Waals surface area contributed by atoms with Gasteiger partial charge in [0.05, 0.1) is 26.2 Å². The van der Waals surface area contributed by atoms with Gasteiger partial charge in [0.15, 0.2) is 0 Å². The number of quaternary nitrogens is 1. The summed E-state index contributed by atoms with van der Waals surface area (Å²) in [6.07, 6.45) is 5.33. The van der Waals surface area contributed by atoms with Crippen molar-refractivity contribution in [2.75, 3.05) is 26.2 Å². The second kappa shape index (κ2) is 16.2. The van der Waals surface area contributed by atoms with E-state index in [2.05, 4.69) is 27.7 Å². The first-order valence-corrected chi connectivity index (χ1v) is 10.4. The molecule has 0 unspecified atom stereocenters. The molecule has 2 aromatic rings. The Balaban J connectivity index is 0.000000405. The Morgan fingerprint density at radius 2 is 0.778 bits per heavy atom. The van der Waals surface area contributed by atoms with Gasteiger partial charge in [-0.15, -0.1) is 0 Å². The standard InChI is InChI=1S/C12H28N.2C6H6O/c1-5-9-13(10-6-2,11-7-3)12-8-4;2*7-6-4-2-1-3-5-6/h5-12H2,1-4H3;2*1-5,7H/q+1;;. The lowest BCUT2D eigenvalue weighted by Gasteiger charge is -2.38. The zero-order chi connectivity index (χ0) is 20.4. The second-order valence-electron chi connectivity index (χ2n) is 6.91. The lowest BCUT2D eigenvalue weighted by atomic mass is 10.2. The Kier molecular flexibility index (Phi) is 15.0. The molecule has 0 fully saturated rings. The Hall–Kier alpha value is -2.00. The summed E-state index contributed by atoms with van der Waals surface area (Å²) in [6, 6.07) is 17.4. The second-order valence-corrected chi connectivity index (χ2v) is 6.91. The van der Waals surface area contributed by atoms with Gasteiger partial charge in [0.1, 0.15) is 11.5 Å². The highest BCUT2D eigenvalue weighted by atomic mass is 16.3. The number of hydrogen-bond donors (Lipinski definition) is 2. The molecule has 0 aliphatic carbocycles. The van der Waals surface area contributed by atoms with Gasteiger partial charge in [-0.25, -0.2) is 0 Å². The van der Waals surface area contributed by atoms with Crippen molar-refractivity contribution in [3.8, 4) is 11.5 Å². The van der Waals surface area contributed by atoms with Crippen molar-refractivity contribution in [1.29, 1.82) is 0 Å². The third-order valence-electron chi connectivity index (χ3n) is 4.30. The van der Waals surface area contributed by atoms with Crippen LogP contribution >= 0.6 is 0 Å². The molecule has 3 heteroatoms. The van der Waals surface area contributed by atoms with Crippen molar-refractivity contribution in [3.05, 3.63) is 60.7 Å². The van der Waals surface area contributed by atoms with Gasteiger partial charge < -0.3 is 14.7 Å². The highest BCUT2D eigenvalue weighted by molar-refractivity contribution is 5.19. The molecule has 3 nitrogen and oxygen atoms in total. The van der Waals surface area contributed by atoms with E-state index >= 15 is 0 Å². The van der Waals surface area contributed by atoms with Crippen molar-refractivity contribution >= 4 is 0 Å². The van der Waals surface area contributed by atoms with E-state index in [0.29, 0.717) is 11.5 Å². The van der Waals surface area contributed by atoms with Crippen LogP contribution in [0.1, 0.15) is 53.4 Å². The van der Waals surface area contributed by atoms with Crippen molar-refractivity contribution < 1.29 is 14.7 Å². The van der Waals surface area contributed by atoms with Crippen LogP contribution in [0.3, 0.4) is 0 Å². The largest absolute Gasteiger partial charge is 0.508 e. The molecule has 2 rings (SSSR count). The van der Waals surface area contributed by atoms with Crippen molar-refractivity contribution in [1.82, 2.24) is 0 Å². The summed E-state index contributed by atoms with van der Waals surface area (Å²) >= 11 is 0. The molecule has 0 bridgehead atoms. The third kappa shape index (κ3) is 12.9. The van der Waals surface area contributed by atoms with Crippen molar-refractivity contribution in [2.45, 2.75) is 53.4 Å². The smallest absolute Gasteiger partial charge is 0.115 e. The van der Waals surface area contributed by atoms with Gasteiger partial charge in [-0.05, 0) is 49.9 Å². The number of aromatic hydroxyl groups is 2. The van der Waals surface area contributed by atoms with Crippen LogP contribution in [0.2, 0.25) is 0 Å². The van der Waals surface area contributed by atoms with Gasteiger partial charge in [0.2, 0.25) is 0 Å². The van der Waals surface area contributed by atoms with E-state index < -0.39 is 0 Å². The number of rotatable bonds is 8. The molecule has 0 radical (unpaired) electrons. The first-order valence-electron chi connectivity index (χ1n) is 10.4. The fourth-order valence-electron chi connectivity index (χ4n) is 3.42. The quantitative estimate of drug-likeness (QED) is 0.538. The SMILES string of the molecule is CCC[N+](CCC)(CCC)CCC.Oc1ccccc1.Oc1ccccc1. The summed E-state index contributed by atoms with van der Waals surface area (Å²) in [5, 5.41) is 17.3. The van der Waals surface area contributed by atoms with E-state index in [-0.39, 0.29) is 0 Å². The maximum Gasteiger partial charge on any atom is 0.115 e. The molecule has 0 spiro atoms. The third-order valence-corrected chi connectivity index (χ3v) is 4.30. The van der Waals surface area contributed by atoms with Crippen LogP contribution in [0.15, 0.2) is 60.7 Å². The Bertz CT molecular complexity index is 476. The fourth-order valence-corrected chi connectivity index (χ4v) is 3.42. The van der Waals surface area contributed by atoms with Gasteiger partial charge in [0.25, 0.3) is 0 Å². The summed E-state index contributed by atoms with van der Waals surface area (Å²) < 4.78 is 1.38. The first-order chi connectivity index (χ1) is 13.0. The van der Waals surface area contributed by atoms with Crippen LogP contribution in [0, 0.1) is 0 Å². The van der Waals surface area contributed by atoms with E-state index in [1.807, 2.05) is 12.1 Å². The van der Waals surface area contributed by atoms with E-state index in [4.69, 9.17) is 10.2 Å². The fraction of sp³-hybridized carbons (Fsp3) is 0.500. The molecule has 0 aromatic heterocycles. The molecule has 0 saturated heterocycles. The predicted octanol–water partition coefficient (Wildman–Crippen LogP) is 6.23. The van der Waals surface area contributed by atoms with Gasteiger partial charge in [-0.1, -0.05) is 64.1 Å². The minimum Gasteiger partial charge on any atom is -0.508 e. The molecular formula is C24H40NO2+. The zero-order valence-electron chi connectivity index (χ0n) is 17.8.